The summed E-state index contributed by atoms with van der Waals surface area (Å²) in [4.78, 5) is 4.73. The molecule has 2 heterocycles. The number of nitrogens with two attached hydrogens (primary N) is 1. The van der Waals surface area contributed by atoms with Gasteiger partial charge in [-0.15, -0.1) is 0 Å². The molecule has 0 radical (unpaired) electrons. The molecular weight excluding hydrogens is 220 g/mol. The average Bonchev–Trinajstić information content (AvgIpc) is 2.73. The normalized spacial score (nSPS) is 25.7. The molecule has 0 amide bonds. The number of rotatable bonds is 2. The second-order valence-corrected chi connectivity index (χ2v) is 5.66. The number of aromatic nitrogens is 1. The molecule has 4 nitrogen and oxygen atoms in total. The van der Waals surface area contributed by atoms with Crippen molar-refractivity contribution in [3.63, 3.8) is 0 Å². The van der Waals surface area contributed by atoms with Crippen molar-refractivity contribution in [3.05, 3.63) is 5.56 Å². The van der Waals surface area contributed by atoms with E-state index in [0.29, 0.717) is 17.8 Å². The number of anilines is 2. The van der Waals surface area contributed by atoms with E-state index in [-0.39, 0.29) is 0 Å². The van der Waals surface area contributed by atoms with E-state index < -0.39 is 0 Å². The zero-order chi connectivity index (χ0) is 11.9. The van der Waals surface area contributed by atoms with Crippen LogP contribution in [-0.4, -0.2) is 42.5 Å². The highest BCUT2D eigenvalue weighted by Crippen LogP contribution is 2.34. The van der Waals surface area contributed by atoms with Gasteiger partial charge in [-0.25, -0.2) is 0 Å². The van der Waals surface area contributed by atoms with E-state index in [0.717, 1.165) is 18.7 Å². The van der Waals surface area contributed by atoms with Gasteiger partial charge in [-0.1, -0.05) is 6.92 Å². The smallest absolute Gasteiger partial charge is 0.142 e. The van der Waals surface area contributed by atoms with Crippen LogP contribution in [0.4, 0.5) is 10.8 Å². The summed E-state index contributed by atoms with van der Waals surface area (Å²) in [5.74, 6) is 1.37. The fraction of sp³-hybridized carbons (Fsp3) is 0.727. The molecule has 1 aromatic heterocycles. The highest BCUT2D eigenvalue weighted by Gasteiger charge is 2.32. The molecule has 1 aliphatic heterocycles. The van der Waals surface area contributed by atoms with Gasteiger partial charge in [-0.2, -0.15) is 4.37 Å². The third-order valence-corrected chi connectivity index (χ3v) is 4.48. The van der Waals surface area contributed by atoms with Crippen molar-refractivity contribution in [2.75, 3.05) is 37.8 Å². The molecule has 0 saturated carbocycles. The van der Waals surface area contributed by atoms with Crippen LogP contribution in [0.15, 0.2) is 0 Å². The molecule has 1 fully saturated rings. The van der Waals surface area contributed by atoms with Gasteiger partial charge >= 0.3 is 0 Å². The molecule has 2 unspecified atom stereocenters. The van der Waals surface area contributed by atoms with Gasteiger partial charge in [0, 0.05) is 24.7 Å². The summed E-state index contributed by atoms with van der Waals surface area (Å²) in [6.45, 7) is 6.55. The van der Waals surface area contributed by atoms with Gasteiger partial charge in [0.05, 0.1) is 0 Å². The first-order valence-corrected chi connectivity index (χ1v) is 6.41. The quantitative estimate of drug-likeness (QED) is 0.849. The number of hydrogen-bond donors (Lipinski definition) is 1. The van der Waals surface area contributed by atoms with Crippen molar-refractivity contribution >= 4 is 22.4 Å². The van der Waals surface area contributed by atoms with Gasteiger partial charge in [0.15, 0.2) is 0 Å². The molecule has 1 aromatic rings. The number of nitrogen functional groups attached to an aromatic ring is 1. The Labute approximate surface area is 101 Å². The molecule has 5 heteroatoms. The van der Waals surface area contributed by atoms with Crippen LogP contribution in [0.2, 0.25) is 0 Å². The molecule has 0 spiro atoms. The summed E-state index contributed by atoms with van der Waals surface area (Å²) < 4.78 is 4.22. The molecule has 0 aliphatic carbocycles. The Hall–Kier alpha value is -0.810. The zero-order valence-corrected chi connectivity index (χ0v) is 11.2. The molecule has 16 heavy (non-hydrogen) atoms. The lowest BCUT2D eigenvalue weighted by molar-refractivity contribution is 0.266. The summed E-state index contributed by atoms with van der Waals surface area (Å²) >= 11 is 1.52. The summed E-state index contributed by atoms with van der Waals surface area (Å²) in [6, 6.07) is 0.628. The minimum absolute atomic E-state index is 0.628. The predicted octanol–water partition coefficient (Wildman–Crippen LogP) is 1.42. The van der Waals surface area contributed by atoms with Crippen LogP contribution < -0.4 is 10.6 Å². The van der Waals surface area contributed by atoms with Gasteiger partial charge < -0.3 is 15.5 Å². The topological polar surface area (TPSA) is 45.4 Å². The summed E-state index contributed by atoms with van der Waals surface area (Å²) in [7, 11) is 4.30. The molecule has 0 aromatic carbocycles. The van der Waals surface area contributed by atoms with Gasteiger partial charge in [0.2, 0.25) is 0 Å². The lowest BCUT2D eigenvalue weighted by Gasteiger charge is -2.22. The summed E-state index contributed by atoms with van der Waals surface area (Å²) in [5, 5.41) is 1.24. The Kier molecular flexibility index (Phi) is 3.08. The second kappa shape index (κ2) is 4.22. The van der Waals surface area contributed by atoms with Crippen molar-refractivity contribution in [1.29, 1.82) is 0 Å². The average molecular weight is 240 g/mol. The Balaban J connectivity index is 2.17. The van der Waals surface area contributed by atoms with Crippen molar-refractivity contribution in [3.8, 4) is 0 Å². The first-order chi connectivity index (χ1) is 7.50. The number of nitrogens with zero attached hydrogens (tertiary/aromatic N) is 3. The minimum Gasteiger partial charge on any atom is -0.383 e. The highest BCUT2D eigenvalue weighted by atomic mass is 32.1. The van der Waals surface area contributed by atoms with Crippen molar-refractivity contribution in [2.45, 2.75) is 19.9 Å². The maximum atomic E-state index is 5.80. The molecule has 2 atom stereocenters. The Morgan fingerprint density at radius 1 is 1.44 bits per heavy atom. The predicted molar refractivity (Wildman–Crippen MR) is 70.1 cm³/mol. The maximum Gasteiger partial charge on any atom is 0.142 e. The van der Waals surface area contributed by atoms with E-state index in [1.54, 1.807) is 0 Å². The number of likely N-dealkylation sites (N-methyl/N-ethyl adjacent to an activating group) is 1. The lowest BCUT2D eigenvalue weighted by Crippen LogP contribution is -2.34. The van der Waals surface area contributed by atoms with Crippen LogP contribution in [0.1, 0.15) is 12.5 Å². The van der Waals surface area contributed by atoms with Gasteiger partial charge in [-0.05, 0) is 38.5 Å². The summed E-state index contributed by atoms with van der Waals surface area (Å²) in [6.07, 6.45) is 0. The van der Waals surface area contributed by atoms with Crippen LogP contribution in [-0.2, 0) is 0 Å². The molecular formula is C11H20N4S. The standard InChI is InChI=1S/C11H20N4S/c1-7-5-15(6-9(7)14(3)4)11-8(2)10(12)13-16-11/h7,9H,5-6H2,1-4H3,(H2,12,13). The first kappa shape index (κ1) is 11.7. The fourth-order valence-corrected chi connectivity index (χ4v) is 3.25. The second-order valence-electron chi connectivity index (χ2n) is 4.91. The van der Waals surface area contributed by atoms with E-state index in [4.69, 9.17) is 5.73 Å². The summed E-state index contributed by atoms with van der Waals surface area (Å²) in [5.41, 5.74) is 6.94. The van der Waals surface area contributed by atoms with Crippen LogP contribution in [0, 0.1) is 12.8 Å². The van der Waals surface area contributed by atoms with Crippen molar-refractivity contribution in [2.24, 2.45) is 5.92 Å². The highest BCUT2D eigenvalue weighted by molar-refractivity contribution is 7.10. The Morgan fingerprint density at radius 2 is 2.12 bits per heavy atom. The van der Waals surface area contributed by atoms with E-state index >= 15 is 0 Å². The van der Waals surface area contributed by atoms with Crippen molar-refractivity contribution < 1.29 is 0 Å². The Morgan fingerprint density at radius 3 is 2.56 bits per heavy atom. The van der Waals surface area contributed by atoms with Crippen LogP contribution in [0.5, 0.6) is 0 Å². The molecule has 1 saturated heterocycles. The largest absolute Gasteiger partial charge is 0.383 e. The van der Waals surface area contributed by atoms with E-state index in [9.17, 15) is 0 Å². The van der Waals surface area contributed by atoms with Gasteiger partial charge in [0.25, 0.3) is 0 Å². The van der Waals surface area contributed by atoms with Gasteiger partial charge in [-0.3, -0.25) is 0 Å². The third kappa shape index (κ3) is 1.89. The van der Waals surface area contributed by atoms with E-state index in [2.05, 4.69) is 42.1 Å². The molecule has 90 valence electrons. The SMILES string of the molecule is Cc1c(N)nsc1N1CC(C)C(N(C)C)C1. The maximum absolute atomic E-state index is 5.80. The van der Waals surface area contributed by atoms with E-state index in [1.165, 1.54) is 16.5 Å². The molecule has 2 N–H and O–H groups in total. The van der Waals surface area contributed by atoms with Crippen LogP contribution in [0.25, 0.3) is 0 Å². The number of hydrogen-bond acceptors (Lipinski definition) is 5. The first-order valence-electron chi connectivity index (χ1n) is 5.63. The molecule has 2 rings (SSSR count). The van der Waals surface area contributed by atoms with E-state index in [1.807, 2.05) is 0 Å². The zero-order valence-electron chi connectivity index (χ0n) is 10.4. The lowest BCUT2D eigenvalue weighted by atomic mass is 10.1. The van der Waals surface area contributed by atoms with Crippen LogP contribution in [0.3, 0.4) is 0 Å². The fourth-order valence-electron chi connectivity index (χ4n) is 2.42. The molecule has 0 bridgehead atoms. The van der Waals surface area contributed by atoms with Gasteiger partial charge in [0.1, 0.15) is 10.8 Å². The monoisotopic (exact) mass is 240 g/mol. The Bertz CT molecular complexity index is 374. The van der Waals surface area contributed by atoms with Crippen LogP contribution >= 0.6 is 11.5 Å². The third-order valence-electron chi connectivity index (χ3n) is 3.46. The molecule has 1 aliphatic rings. The minimum atomic E-state index is 0.628. The van der Waals surface area contributed by atoms with Crippen molar-refractivity contribution in [1.82, 2.24) is 9.27 Å².